The summed E-state index contributed by atoms with van der Waals surface area (Å²) in [5, 5.41) is 1.03. The normalized spacial score (nSPS) is 27.6. The zero-order valence-electron chi connectivity index (χ0n) is 11.8. The Bertz CT molecular complexity index is 499. The number of aromatic nitrogens is 1. The molecule has 19 heavy (non-hydrogen) atoms. The van der Waals surface area contributed by atoms with Crippen molar-refractivity contribution < 1.29 is 4.79 Å². The lowest BCUT2D eigenvalue weighted by Gasteiger charge is -2.42. The molecule has 4 nitrogen and oxygen atoms in total. The van der Waals surface area contributed by atoms with Crippen LogP contribution in [0.3, 0.4) is 0 Å². The van der Waals surface area contributed by atoms with Crippen LogP contribution in [0.1, 0.15) is 42.1 Å². The molecule has 2 fully saturated rings. The number of piperazine rings is 1. The molecule has 2 aliphatic rings. The number of carbonyl (C=O) groups excluding carboxylic acids is 1. The van der Waals surface area contributed by atoms with Gasteiger partial charge in [0.1, 0.15) is 0 Å². The third-order valence-corrected chi connectivity index (χ3v) is 5.58. The fraction of sp³-hybridized carbons (Fsp3) is 0.714. The van der Waals surface area contributed by atoms with Crippen LogP contribution in [0.2, 0.25) is 0 Å². The molecule has 0 amide bonds. The van der Waals surface area contributed by atoms with Gasteiger partial charge in [0.15, 0.2) is 10.9 Å². The predicted molar refractivity (Wildman–Crippen MR) is 78.3 cm³/mol. The van der Waals surface area contributed by atoms with E-state index in [-0.39, 0.29) is 5.78 Å². The zero-order valence-corrected chi connectivity index (χ0v) is 12.7. The minimum Gasteiger partial charge on any atom is -0.343 e. The molecule has 2 unspecified atom stereocenters. The fourth-order valence-corrected chi connectivity index (χ4v) is 4.36. The van der Waals surface area contributed by atoms with E-state index >= 15 is 0 Å². The van der Waals surface area contributed by atoms with Gasteiger partial charge >= 0.3 is 0 Å². The van der Waals surface area contributed by atoms with Gasteiger partial charge in [-0.25, -0.2) is 4.98 Å². The van der Waals surface area contributed by atoms with Gasteiger partial charge < -0.3 is 4.90 Å². The van der Waals surface area contributed by atoms with Crippen LogP contribution in [0.4, 0.5) is 5.13 Å². The van der Waals surface area contributed by atoms with Gasteiger partial charge in [-0.2, -0.15) is 0 Å². The summed E-state index contributed by atoms with van der Waals surface area (Å²) in [5.74, 6) is 0.133. The number of aryl methyl sites for hydroxylation is 1. The number of Topliss-reactive ketones (excluding diaryl/α,β-unsaturated/α-hetero) is 1. The quantitative estimate of drug-likeness (QED) is 0.779. The van der Waals surface area contributed by atoms with Crippen LogP contribution in [0.15, 0.2) is 0 Å². The lowest BCUT2D eigenvalue weighted by atomic mass is 10.1. The molecule has 1 aromatic heterocycles. The molecule has 3 rings (SSSR count). The van der Waals surface area contributed by atoms with E-state index in [1.54, 1.807) is 18.3 Å². The summed E-state index contributed by atoms with van der Waals surface area (Å²) in [5.41, 5.74) is 0.883. The molecule has 0 radical (unpaired) electrons. The number of carbonyl (C=O) groups is 1. The third-order valence-electron chi connectivity index (χ3n) is 4.29. The maximum atomic E-state index is 11.6. The number of anilines is 1. The van der Waals surface area contributed by atoms with Gasteiger partial charge in [-0.3, -0.25) is 9.69 Å². The van der Waals surface area contributed by atoms with Crippen molar-refractivity contribution in [3.8, 4) is 0 Å². The number of hydrogen-bond donors (Lipinski definition) is 0. The van der Waals surface area contributed by atoms with Crippen LogP contribution in [0.25, 0.3) is 0 Å². The van der Waals surface area contributed by atoms with Gasteiger partial charge in [-0.15, -0.1) is 0 Å². The van der Waals surface area contributed by atoms with Crippen molar-refractivity contribution >= 4 is 22.3 Å². The molecule has 0 saturated carbocycles. The first kappa shape index (κ1) is 13.1. The van der Waals surface area contributed by atoms with Crippen molar-refractivity contribution in [3.05, 3.63) is 10.6 Å². The van der Waals surface area contributed by atoms with E-state index in [1.165, 1.54) is 19.4 Å². The molecule has 3 heterocycles. The van der Waals surface area contributed by atoms with Crippen molar-refractivity contribution in [1.29, 1.82) is 0 Å². The van der Waals surface area contributed by atoms with E-state index in [4.69, 9.17) is 0 Å². The average molecular weight is 279 g/mol. The molecule has 0 bridgehead atoms. The van der Waals surface area contributed by atoms with Crippen molar-refractivity contribution in [2.75, 3.05) is 24.5 Å². The summed E-state index contributed by atoms with van der Waals surface area (Å²) in [7, 11) is 0. The van der Waals surface area contributed by atoms with E-state index in [0.717, 1.165) is 28.8 Å². The van der Waals surface area contributed by atoms with Crippen molar-refractivity contribution in [2.45, 2.75) is 45.7 Å². The Balaban J connectivity index is 1.85. The Morgan fingerprint density at radius 2 is 2.21 bits per heavy atom. The summed E-state index contributed by atoms with van der Waals surface area (Å²) in [6.45, 7) is 9.26. The second kappa shape index (κ2) is 4.87. The monoisotopic (exact) mass is 279 g/mol. The van der Waals surface area contributed by atoms with Gasteiger partial charge in [-0.05, 0) is 33.2 Å². The highest BCUT2D eigenvalue weighted by Crippen LogP contribution is 2.32. The van der Waals surface area contributed by atoms with Gasteiger partial charge in [0.25, 0.3) is 0 Å². The Morgan fingerprint density at radius 1 is 1.42 bits per heavy atom. The summed E-state index contributed by atoms with van der Waals surface area (Å²) < 4.78 is 0. The molecule has 2 aliphatic heterocycles. The number of hydrogen-bond acceptors (Lipinski definition) is 5. The maximum Gasteiger partial charge on any atom is 0.186 e. The smallest absolute Gasteiger partial charge is 0.186 e. The molecule has 0 N–H and O–H groups in total. The minimum atomic E-state index is 0.133. The first-order valence-corrected chi connectivity index (χ1v) is 7.87. The Kier molecular flexibility index (Phi) is 3.35. The third kappa shape index (κ3) is 2.30. The molecule has 0 aromatic carbocycles. The Labute approximate surface area is 118 Å². The summed E-state index contributed by atoms with van der Waals surface area (Å²) >= 11 is 1.56. The minimum absolute atomic E-state index is 0.133. The van der Waals surface area contributed by atoms with Crippen LogP contribution in [-0.4, -0.2) is 47.4 Å². The molecular formula is C14H21N3OS. The van der Waals surface area contributed by atoms with Crippen molar-refractivity contribution in [2.24, 2.45) is 0 Å². The summed E-state index contributed by atoms with van der Waals surface area (Å²) in [4.78, 5) is 22.0. The molecule has 2 atom stereocenters. The largest absolute Gasteiger partial charge is 0.343 e. The molecule has 0 spiro atoms. The second-order valence-electron chi connectivity index (χ2n) is 5.76. The van der Waals surface area contributed by atoms with E-state index < -0.39 is 0 Å². The number of fused-ring (bicyclic) bond motifs is 1. The Hall–Kier alpha value is -0.940. The van der Waals surface area contributed by atoms with Crippen molar-refractivity contribution in [3.63, 3.8) is 0 Å². The van der Waals surface area contributed by atoms with Crippen LogP contribution in [-0.2, 0) is 0 Å². The molecular weight excluding hydrogens is 258 g/mol. The number of thiazole rings is 1. The zero-order chi connectivity index (χ0) is 13.6. The maximum absolute atomic E-state index is 11.6. The van der Waals surface area contributed by atoms with Crippen LogP contribution in [0, 0.1) is 6.92 Å². The van der Waals surface area contributed by atoms with E-state index in [2.05, 4.69) is 21.7 Å². The highest BCUT2D eigenvalue weighted by Gasteiger charge is 2.35. The lowest BCUT2D eigenvalue weighted by molar-refractivity contribution is 0.102. The average Bonchev–Trinajstić information content (AvgIpc) is 2.93. The van der Waals surface area contributed by atoms with E-state index in [0.29, 0.717) is 12.1 Å². The van der Waals surface area contributed by atoms with Gasteiger partial charge in [0.2, 0.25) is 0 Å². The number of rotatable bonds is 2. The summed E-state index contributed by atoms with van der Waals surface area (Å²) in [6, 6.07) is 1.17. The first-order valence-electron chi connectivity index (χ1n) is 7.05. The molecule has 1 aromatic rings. The predicted octanol–water partition coefficient (Wildman–Crippen LogP) is 2.33. The molecule has 104 valence electrons. The second-order valence-corrected chi connectivity index (χ2v) is 6.74. The first-order chi connectivity index (χ1) is 9.06. The van der Waals surface area contributed by atoms with Gasteiger partial charge in [0.05, 0.1) is 10.6 Å². The van der Waals surface area contributed by atoms with E-state index in [1.807, 2.05) is 6.92 Å². The van der Waals surface area contributed by atoms with E-state index in [9.17, 15) is 4.79 Å². The van der Waals surface area contributed by atoms with Crippen LogP contribution in [0.5, 0.6) is 0 Å². The van der Waals surface area contributed by atoms with Crippen LogP contribution < -0.4 is 4.90 Å². The number of nitrogens with zero attached hydrogens (tertiary/aromatic N) is 3. The number of ketones is 1. The SMILES string of the molecule is CC(=O)c1sc(N2CC3CCCN3CC2C)nc1C. The van der Waals surface area contributed by atoms with Gasteiger partial charge in [-0.1, -0.05) is 11.3 Å². The standard InChI is InChI=1S/C14H21N3OS/c1-9-7-16-6-4-5-12(16)8-17(9)14-15-10(2)13(19-14)11(3)18/h9,12H,4-8H2,1-3H3. The van der Waals surface area contributed by atoms with Crippen molar-refractivity contribution in [1.82, 2.24) is 9.88 Å². The Morgan fingerprint density at radius 3 is 2.89 bits per heavy atom. The topological polar surface area (TPSA) is 36.4 Å². The molecule has 0 aliphatic carbocycles. The highest BCUT2D eigenvalue weighted by molar-refractivity contribution is 7.17. The fourth-order valence-electron chi connectivity index (χ4n) is 3.29. The molecule has 2 saturated heterocycles. The highest BCUT2D eigenvalue weighted by atomic mass is 32.1. The van der Waals surface area contributed by atoms with Gasteiger partial charge in [0, 0.05) is 32.1 Å². The molecule has 5 heteroatoms. The summed E-state index contributed by atoms with van der Waals surface area (Å²) in [6.07, 6.45) is 2.62. The lowest BCUT2D eigenvalue weighted by Crippen LogP contribution is -2.55. The van der Waals surface area contributed by atoms with Crippen LogP contribution >= 0.6 is 11.3 Å².